The van der Waals surface area contributed by atoms with Gasteiger partial charge in [0.15, 0.2) is 0 Å². The van der Waals surface area contributed by atoms with Crippen LogP contribution in [0.4, 0.5) is 0 Å². The minimum absolute atomic E-state index is 0.578. The molecule has 0 amide bonds. The number of nitrogens with one attached hydrogen (secondary N) is 1. The van der Waals surface area contributed by atoms with Gasteiger partial charge in [0.1, 0.15) is 18.2 Å². The summed E-state index contributed by atoms with van der Waals surface area (Å²) >= 11 is 0. The van der Waals surface area contributed by atoms with E-state index in [1.54, 1.807) is 12.4 Å². The summed E-state index contributed by atoms with van der Waals surface area (Å²) < 4.78 is 5.65. The van der Waals surface area contributed by atoms with E-state index in [4.69, 9.17) is 4.74 Å². The molecule has 0 saturated heterocycles. The summed E-state index contributed by atoms with van der Waals surface area (Å²) in [6.07, 6.45) is 7.48. The normalized spacial score (nSPS) is 10.8. The molecular weight excluding hydrogens is 200 g/mol. The summed E-state index contributed by atoms with van der Waals surface area (Å²) in [7, 11) is 0. The van der Waals surface area contributed by atoms with Gasteiger partial charge in [0, 0.05) is 12.4 Å². The van der Waals surface area contributed by atoms with E-state index in [1.165, 1.54) is 0 Å². The summed E-state index contributed by atoms with van der Waals surface area (Å²) in [6.45, 7) is 2.55. The number of para-hydroxylation sites is 1. The van der Waals surface area contributed by atoms with Gasteiger partial charge in [0.2, 0.25) is 0 Å². The molecule has 1 aromatic carbocycles. The fourth-order valence-electron chi connectivity index (χ4n) is 1.43. The van der Waals surface area contributed by atoms with Gasteiger partial charge in [0.05, 0.1) is 5.56 Å². The molecule has 2 aromatic rings. The van der Waals surface area contributed by atoms with Crippen LogP contribution in [0.25, 0.3) is 11.4 Å². The van der Waals surface area contributed by atoms with E-state index < -0.39 is 0 Å². The second-order valence-corrected chi connectivity index (χ2v) is 3.31. The van der Waals surface area contributed by atoms with Crippen molar-refractivity contribution in [3.8, 4) is 17.1 Å². The first-order valence-corrected chi connectivity index (χ1v) is 5.24. The number of rotatable bonds is 4. The van der Waals surface area contributed by atoms with Crippen LogP contribution >= 0.6 is 0 Å². The van der Waals surface area contributed by atoms with Gasteiger partial charge in [-0.2, -0.15) is 0 Å². The molecule has 0 bridgehead atoms. The summed E-state index contributed by atoms with van der Waals surface area (Å²) in [5.74, 6) is 1.67. The van der Waals surface area contributed by atoms with Gasteiger partial charge in [-0.05, 0) is 19.1 Å². The zero-order valence-corrected chi connectivity index (χ0v) is 9.18. The number of benzene rings is 1. The van der Waals surface area contributed by atoms with Gasteiger partial charge in [-0.3, -0.25) is 0 Å². The maximum Gasteiger partial charge on any atom is 0.141 e. The second-order valence-electron chi connectivity index (χ2n) is 3.31. The van der Waals surface area contributed by atoms with E-state index in [0.717, 1.165) is 17.1 Å². The lowest BCUT2D eigenvalue weighted by atomic mass is 10.2. The first kappa shape index (κ1) is 10.5. The summed E-state index contributed by atoms with van der Waals surface area (Å²) in [4.78, 5) is 7.30. The molecule has 16 heavy (non-hydrogen) atoms. The number of H-pyrrole nitrogens is 1. The quantitative estimate of drug-likeness (QED) is 0.794. The van der Waals surface area contributed by atoms with Crippen molar-refractivity contribution in [2.24, 2.45) is 0 Å². The summed E-state index contributed by atoms with van der Waals surface area (Å²) in [6, 6.07) is 7.86. The van der Waals surface area contributed by atoms with Crippen LogP contribution in [-0.2, 0) is 0 Å². The van der Waals surface area contributed by atoms with Crippen LogP contribution in [-0.4, -0.2) is 16.6 Å². The Morgan fingerprint density at radius 3 is 3.00 bits per heavy atom. The molecule has 0 atom stereocenters. The molecule has 1 aromatic heterocycles. The zero-order chi connectivity index (χ0) is 11.2. The molecule has 3 nitrogen and oxygen atoms in total. The highest BCUT2D eigenvalue weighted by Gasteiger charge is 2.06. The second kappa shape index (κ2) is 5.16. The van der Waals surface area contributed by atoms with Crippen LogP contribution in [0.3, 0.4) is 0 Å². The number of allylic oxidation sites excluding steroid dienone is 1. The Kier molecular flexibility index (Phi) is 3.38. The van der Waals surface area contributed by atoms with Gasteiger partial charge < -0.3 is 9.72 Å². The molecule has 1 heterocycles. The van der Waals surface area contributed by atoms with E-state index >= 15 is 0 Å². The van der Waals surface area contributed by atoms with Crippen LogP contribution < -0.4 is 4.74 Å². The van der Waals surface area contributed by atoms with E-state index in [2.05, 4.69) is 9.97 Å². The molecule has 0 radical (unpaired) electrons. The zero-order valence-electron chi connectivity index (χ0n) is 9.18. The molecule has 0 aliphatic carbocycles. The van der Waals surface area contributed by atoms with Crippen molar-refractivity contribution in [1.82, 2.24) is 9.97 Å². The highest BCUT2D eigenvalue weighted by molar-refractivity contribution is 5.63. The van der Waals surface area contributed by atoms with Crippen molar-refractivity contribution >= 4 is 0 Å². The van der Waals surface area contributed by atoms with Crippen molar-refractivity contribution < 1.29 is 4.74 Å². The standard InChI is InChI=1S/C13H14N2O/c1-2-3-10-16-12-7-5-4-6-11(12)13-14-8-9-15-13/h2-9H,10H2,1H3,(H,14,15)/b3-2+. The smallest absolute Gasteiger partial charge is 0.141 e. The number of aromatic nitrogens is 2. The molecule has 1 N–H and O–H groups in total. The predicted molar refractivity (Wildman–Crippen MR) is 64.3 cm³/mol. The summed E-state index contributed by atoms with van der Waals surface area (Å²) in [5, 5.41) is 0. The van der Waals surface area contributed by atoms with Crippen molar-refractivity contribution in [2.45, 2.75) is 6.92 Å². The average molecular weight is 214 g/mol. The highest BCUT2D eigenvalue weighted by atomic mass is 16.5. The molecular formula is C13H14N2O. The molecule has 0 spiro atoms. The van der Waals surface area contributed by atoms with Crippen LogP contribution in [0.5, 0.6) is 5.75 Å². The fourth-order valence-corrected chi connectivity index (χ4v) is 1.43. The monoisotopic (exact) mass is 214 g/mol. The van der Waals surface area contributed by atoms with Crippen LogP contribution in [0, 0.1) is 0 Å². The topological polar surface area (TPSA) is 37.9 Å². The first-order chi connectivity index (χ1) is 7.92. The lowest BCUT2D eigenvalue weighted by molar-refractivity contribution is 0.364. The average Bonchev–Trinajstić information content (AvgIpc) is 2.83. The van der Waals surface area contributed by atoms with Crippen LogP contribution in [0.1, 0.15) is 6.92 Å². The Morgan fingerprint density at radius 1 is 1.38 bits per heavy atom. The Bertz CT molecular complexity index is 461. The minimum Gasteiger partial charge on any atom is -0.489 e. The number of ether oxygens (including phenoxy) is 1. The van der Waals surface area contributed by atoms with Gasteiger partial charge in [-0.15, -0.1) is 0 Å². The number of imidazole rings is 1. The number of hydrogen-bond acceptors (Lipinski definition) is 2. The highest BCUT2D eigenvalue weighted by Crippen LogP contribution is 2.26. The van der Waals surface area contributed by atoms with Gasteiger partial charge in [0.25, 0.3) is 0 Å². The molecule has 0 unspecified atom stereocenters. The van der Waals surface area contributed by atoms with Gasteiger partial charge in [-0.1, -0.05) is 24.3 Å². The van der Waals surface area contributed by atoms with Crippen LogP contribution in [0.15, 0.2) is 48.8 Å². The van der Waals surface area contributed by atoms with E-state index in [-0.39, 0.29) is 0 Å². The molecule has 82 valence electrons. The van der Waals surface area contributed by atoms with E-state index in [1.807, 2.05) is 43.3 Å². The van der Waals surface area contributed by atoms with Gasteiger partial charge in [-0.25, -0.2) is 4.98 Å². The van der Waals surface area contributed by atoms with Crippen LogP contribution in [0.2, 0.25) is 0 Å². The number of nitrogens with zero attached hydrogens (tertiary/aromatic N) is 1. The Balaban J connectivity index is 2.24. The van der Waals surface area contributed by atoms with E-state index in [0.29, 0.717) is 6.61 Å². The SMILES string of the molecule is C/C=C/COc1ccccc1-c1ncc[nH]1. The fraction of sp³-hybridized carbons (Fsp3) is 0.154. The van der Waals surface area contributed by atoms with Crippen molar-refractivity contribution in [2.75, 3.05) is 6.61 Å². The molecule has 0 aliphatic rings. The Labute approximate surface area is 94.8 Å². The third-order valence-electron chi connectivity index (χ3n) is 2.21. The number of aromatic amines is 1. The molecule has 3 heteroatoms. The molecule has 0 saturated carbocycles. The third kappa shape index (κ3) is 2.31. The molecule has 2 rings (SSSR count). The lowest BCUT2D eigenvalue weighted by Gasteiger charge is -2.07. The molecule has 0 aliphatic heterocycles. The maximum atomic E-state index is 5.65. The largest absolute Gasteiger partial charge is 0.489 e. The predicted octanol–water partition coefficient (Wildman–Crippen LogP) is 3.03. The van der Waals surface area contributed by atoms with Gasteiger partial charge >= 0.3 is 0 Å². The Hall–Kier alpha value is -2.03. The van der Waals surface area contributed by atoms with Crippen molar-refractivity contribution in [3.63, 3.8) is 0 Å². The third-order valence-corrected chi connectivity index (χ3v) is 2.21. The summed E-state index contributed by atoms with van der Waals surface area (Å²) in [5.41, 5.74) is 0.983. The molecule has 0 fully saturated rings. The first-order valence-electron chi connectivity index (χ1n) is 5.24. The minimum atomic E-state index is 0.578. The van der Waals surface area contributed by atoms with Crippen molar-refractivity contribution in [1.29, 1.82) is 0 Å². The Morgan fingerprint density at radius 2 is 2.25 bits per heavy atom. The lowest BCUT2D eigenvalue weighted by Crippen LogP contribution is -1.95. The van der Waals surface area contributed by atoms with Crippen molar-refractivity contribution in [3.05, 3.63) is 48.8 Å². The van der Waals surface area contributed by atoms with E-state index in [9.17, 15) is 0 Å². The number of hydrogen-bond donors (Lipinski definition) is 1. The maximum absolute atomic E-state index is 5.65.